The van der Waals surface area contributed by atoms with Crippen molar-refractivity contribution >= 4 is 23.8 Å². The zero-order valence-electron chi connectivity index (χ0n) is 27.1. The van der Waals surface area contributed by atoms with Gasteiger partial charge < -0.3 is 30.7 Å². The van der Waals surface area contributed by atoms with Gasteiger partial charge in [0.2, 0.25) is 12.3 Å². The first-order valence-electron chi connectivity index (χ1n) is 14.8. The van der Waals surface area contributed by atoms with Crippen molar-refractivity contribution in [1.29, 1.82) is 0 Å². The molecule has 42 heavy (non-hydrogen) atoms. The van der Waals surface area contributed by atoms with Crippen LogP contribution in [0.15, 0.2) is 41.7 Å². The van der Waals surface area contributed by atoms with Crippen LogP contribution in [0.4, 0.5) is 0 Å². The van der Waals surface area contributed by atoms with E-state index in [9.17, 15) is 14.4 Å². The molecule has 0 radical (unpaired) electrons. The number of hydrogen-bond donors (Lipinski definition) is 4. The van der Waals surface area contributed by atoms with Gasteiger partial charge in [0, 0.05) is 49.1 Å². The number of ketones is 1. The van der Waals surface area contributed by atoms with Crippen molar-refractivity contribution in [2.45, 2.75) is 99.2 Å². The van der Waals surface area contributed by atoms with Crippen LogP contribution in [0.5, 0.6) is 0 Å². The second kappa shape index (κ2) is 17.4. The molecule has 236 valence electrons. The van der Waals surface area contributed by atoms with Gasteiger partial charge in [-0.1, -0.05) is 45.7 Å². The number of rotatable bonds is 12. The second-order valence-corrected chi connectivity index (χ2v) is 12.5. The lowest BCUT2D eigenvalue weighted by atomic mass is 9.84. The van der Waals surface area contributed by atoms with Crippen LogP contribution in [-0.2, 0) is 14.4 Å². The van der Waals surface area contributed by atoms with Gasteiger partial charge in [-0.25, -0.2) is 0 Å². The van der Waals surface area contributed by atoms with Crippen molar-refractivity contribution in [3.05, 3.63) is 48.7 Å². The molecule has 3 unspecified atom stereocenters. The summed E-state index contributed by atoms with van der Waals surface area (Å²) in [6.45, 7) is 30.8. The molecule has 0 aromatic carbocycles. The third-order valence-electron chi connectivity index (χ3n) is 6.96. The van der Waals surface area contributed by atoms with Crippen molar-refractivity contribution in [2.24, 2.45) is 11.3 Å². The molecule has 2 aliphatic rings. The maximum absolute atomic E-state index is 11.3. The summed E-state index contributed by atoms with van der Waals surface area (Å²) < 4.78 is 5.13. The summed E-state index contributed by atoms with van der Waals surface area (Å²) in [5.74, 6) is 0.867. The summed E-state index contributed by atoms with van der Waals surface area (Å²) in [6.07, 6.45) is 4.58. The highest BCUT2D eigenvalue weighted by atomic mass is 16.5. The monoisotopic (exact) mass is 586 g/mol. The molecule has 1 aromatic heterocycles. The molecule has 2 saturated heterocycles. The van der Waals surface area contributed by atoms with Gasteiger partial charge in [0.05, 0.1) is 17.8 Å². The van der Waals surface area contributed by atoms with Crippen LogP contribution < -0.4 is 21.3 Å². The molecular weight excluding hydrogens is 532 g/mol. The van der Waals surface area contributed by atoms with Gasteiger partial charge in [0.15, 0.2) is 5.78 Å². The van der Waals surface area contributed by atoms with Crippen LogP contribution in [0.3, 0.4) is 0 Å². The minimum atomic E-state index is -0.281. The Morgan fingerprint density at radius 2 is 1.81 bits per heavy atom. The van der Waals surface area contributed by atoms with Gasteiger partial charge in [-0.15, -0.1) is 0 Å². The highest BCUT2D eigenvalue weighted by Gasteiger charge is 2.32. The molecule has 0 aliphatic carbocycles. The molecule has 0 bridgehead atoms. The van der Waals surface area contributed by atoms with E-state index in [0.717, 1.165) is 54.6 Å². The van der Waals surface area contributed by atoms with Gasteiger partial charge in [0.1, 0.15) is 11.5 Å². The Kier molecular flexibility index (Phi) is 15.1. The minimum absolute atomic E-state index is 0.0363. The van der Waals surface area contributed by atoms with E-state index in [1.165, 1.54) is 19.8 Å². The predicted molar refractivity (Wildman–Crippen MR) is 169 cm³/mol. The fourth-order valence-electron chi connectivity index (χ4n) is 4.66. The number of nitrogens with zero attached hydrogens (tertiary/aromatic N) is 2. The number of aryl methyl sites for hydroxylation is 1. The fourth-order valence-corrected chi connectivity index (χ4v) is 4.66. The minimum Gasteiger partial charge on any atom is -0.379 e. The van der Waals surface area contributed by atoms with Crippen molar-refractivity contribution in [1.82, 2.24) is 31.3 Å². The molecular formula is C32H54N6O4. The van der Waals surface area contributed by atoms with E-state index in [2.05, 4.69) is 71.8 Å². The zero-order chi connectivity index (χ0) is 32.0. The molecule has 10 heteroatoms. The van der Waals surface area contributed by atoms with E-state index in [1.807, 2.05) is 33.8 Å². The summed E-state index contributed by atoms with van der Waals surface area (Å²) in [6, 6.07) is 2.02. The maximum Gasteiger partial charge on any atom is 0.223 e. The average Bonchev–Trinajstić information content (AvgIpc) is 3.65. The molecule has 3 rings (SSSR count). The topological polar surface area (TPSA) is 129 Å². The number of amides is 2. The van der Waals surface area contributed by atoms with E-state index >= 15 is 0 Å². The number of aromatic nitrogens is 1. The summed E-state index contributed by atoms with van der Waals surface area (Å²) in [7, 11) is 0. The molecule has 3 atom stereocenters. The number of Topliss-reactive ketones (excluding diaryl/α,β-unsaturated/α-hetero) is 1. The highest BCUT2D eigenvalue weighted by molar-refractivity contribution is 5.84. The molecule has 2 aliphatic heterocycles. The SMILES string of the molecule is C=C(C)NC(CC1CCNC1=O)C(C)=O.C=C(NC(C(=C)N1CCCC1)C(C)(C)C)c1cc(C)on1.CC(C)NC=O. The first kappa shape index (κ1) is 36.5. The van der Waals surface area contributed by atoms with Crippen molar-refractivity contribution in [3.8, 4) is 0 Å². The van der Waals surface area contributed by atoms with Crippen LogP contribution in [0.1, 0.15) is 85.6 Å². The van der Waals surface area contributed by atoms with Crippen LogP contribution in [-0.4, -0.2) is 65.9 Å². The Bertz CT molecular complexity index is 1070. The van der Waals surface area contributed by atoms with E-state index in [0.29, 0.717) is 12.8 Å². The van der Waals surface area contributed by atoms with Crippen molar-refractivity contribution in [2.75, 3.05) is 19.6 Å². The Morgan fingerprint density at radius 1 is 1.19 bits per heavy atom. The number of hydrogen-bond acceptors (Lipinski definition) is 8. The second-order valence-electron chi connectivity index (χ2n) is 12.5. The molecule has 0 spiro atoms. The first-order chi connectivity index (χ1) is 19.6. The van der Waals surface area contributed by atoms with Gasteiger partial charge >= 0.3 is 0 Å². The number of carbonyl (C=O) groups excluding carboxylic acids is 3. The van der Waals surface area contributed by atoms with E-state index in [4.69, 9.17) is 4.52 Å². The maximum atomic E-state index is 11.3. The first-order valence-corrected chi connectivity index (χ1v) is 14.8. The van der Waals surface area contributed by atoms with Crippen LogP contribution in [0.2, 0.25) is 0 Å². The quantitative estimate of drug-likeness (QED) is 0.267. The molecule has 2 fully saturated rings. The lowest BCUT2D eigenvalue weighted by molar-refractivity contribution is -0.123. The number of allylic oxidation sites excluding steroid dienone is 1. The van der Waals surface area contributed by atoms with E-state index in [1.54, 1.807) is 0 Å². The Balaban J connectivity index is 0.000000366. The number of carbonyl (C=O) groups is 3. The predicted octanol–water partition coefficient (Wildman–Crippen LogP) is 4.30. The fraction of sp³-hybridized carbons (Fsp3) is 0.625. The molecule has 4 N–H and O–H groups in total. The lowest BCUT2D eigenvalue weighted by Gasteiger charge is -2.38. The number of likely N-dealkylation sites (tertiary alicyclic amines) is 1. The Hall–Kier alpha value is -3.56. The standard InChI is InChI=1S/C17H27N3O.C11H18N2O2.C4H9NO/c1-12-11-15(19-21-12)13(2)18-16(17(4,5)6)14(3)20-9-7-8-10-20;1-7(2)13-10(8(3)14)6-9-4-5-12-11(9)15;1-4(2)5-3-6/h11,16,18H,2-3,7-10H2,1,4-6H3;9-10,13H,1,4-6H2,2-3H3,(H,12,15);3-4H,1-2H3,(H,5,6). The summed E-state index contributed by atoms with van der Waals surface area (Å²) >= 11 is 0. The highest BCUT2D eigenvalue weighted by Crippen LogP contribution is 2.30. The van der Waals surface area contributed by atoms with Crippen LogP contribution in [0.25, 0.3) is 5.70 Å². The largest absolute Gasteiger partial charge is 0.379 e. The molecule has 3 heterocycles. The van der Waals surface area contributed by atoms with Gasteiger partial charge in [-0.3, -0.25) is 14.4 Å². The van der Waals surface area contributed by atoms with E-state index < -0.39 is 0 Å². The third kappa shape index (κ3) is 13.0. The molecule has 2 amide bonds. The van der Waals surface area contributed by atoms with Gasteiger partial charge in [-0.2, -0.15) is 0 Å². The lowest BCUT2D eigenvalue weighted by Crippen LogP contribution is -2.45. The normalized spacial score (nSPS) is 17.5. The summed E-state index contributed by atoms with van der Waals surface area (Å²) in [5, 5.41) is 15.8. The van der Waals surface area contributed by atoms with Crippen LogP contribution in [0, 0.1) is 18.3 Å². The summed E-state index contributed by atoms with van der Waals surface area (Å²) in [4.78, 5) is 34.6. The third-order valence-corrected chi connectivity index (χ3v) is 6.96. The van der Waals surface area contributed by atoms with Crippen molar-refractivity contribution < 1.29 is 18.9 Å². The van der Waals surface area contributed by atoms with Gasteiger partial charge in [0.25, 0.3) is 0 Å². The molecule has 1 aromatic rings. The van der Waals surface area contributed by atoms with Gasteiger partial charge in [-0.05, 0) is 65.7 Å². The van der Waals surface area contributed by atoms with E-state index in [-0.39, 0.29) is 41.1 Å². The summed E-state index contributed by atoms with van der Waals surface area (Å²) in [5.41, 5.74) is 3.49. The van der Waals surface area contributed by atoms with Crippen molar-refractivity contribution in [3.63, 3.8) is 0 Å². The Morgan fingerprint density at radius 3 is 2.19 bits per heavy atom. The average molecular weight is 587 g/mol. The number of nitrogens with one attached hydrogen (secondary N) is 4. The smallest absolute Gasteiger partial charge is 0.223 e. The zero-order valence-corrected chi connectivity index (χ0v) is 27.1. The molecule has 10 nitrogen and oxygen atoms in total. The van der Waals surface area contributed by atoms with Crippen LogP contribution >= 0.6 is 0 Å². The Labute approximate surface area is 252 Å². The molecule has 0 saturated carbocycles.